The first kappa shape index (κ1) is 21.2. The molecule has 0 aromatic rings. The van der Waals surface area contributed by atoms with Crippen molar-refractivity contribution in [3.63, 3.8) is 0 Å². The van der Waals surface area contributed by atoms with Crippen LogP contribution in [0.5, 0.6) is 0 Å². The predicted octanol–water partition coefficient (Wildman–Crippen LogP) is 0.911. The summed E-state index contributed by atoms with van der Waals surface area (Å²) in [6.07, 6.45) is 5.61. The van der Waals surface area contributed by atoms with Crippen molar-refractivity contribution in [1.82, 2.24) is 20.3 Å². The molecule has 1 heterocycles. The molecule has 2 aliphatic rings. The summed E-state index contributed by atoms with van der Waals surface area (Å²) in [6.45, 7) is 10.0. The summed E-state index contributed by atoms with van der Waals surface area (Å²) in [4.78, 5) is 6.63. The van der Waals surface area contributed by atoms with Crippen molar-refractivity contribution in [2.24, 2.45) is 10.9 Å². The Bertz CT molecular complexity index is 578. The van der Waals surface area contributed by atoms with E-state index in [1.165, 1.54) is 12.0 Å². The van der Waals surface area contributed by atoms with E-state index in [0.29, 0.717) is 31.0 Å². The molecule has 0 aromatic heterocycles. The van der Waals surface area contributed by atoms with Crippen molar-refractivity contribution >= 4 is 16.0 Å². The largest absolute Gasteiger partial charge is 0.355 e. The Balaban J connectivity index is 1.64. The lowest BCUT2D eigenvalue weighted by Crippen LogP contribution is -2.49. The summed E-state index contributed by atoms with van der Waals surface area (Å²) < 4.78 is 26.8. The van der Waals surface area contributed by atoms with Crippen molar-refractivity contribution in [2.45, 2.75) is 45.1 Å². The monoisotopic (exact) mass is 385 g/mol. The first-order valence-electron chi connectivity index (χ1n) is 9.69. The lowest BCUT2D eigenvalue weighted by molar-refractivity contribution is 0.221. The van der Waals surface area contributed by atoms with Gasteiger partial charge in [0.25, 0.3) is 0 Å². The molecule has 1 saturated heterocycles. The average molecular weight is 386 g/mol. The summed E-state index contributed by atoms with van der Waals surface area (Å²) in [7, 11) is -1.50. The molecule has 2 fully saturated rings. The molecule has 0 spiro atoms. The van der Waals surface area contributed by atoms with Crippen LogP contribution in [0, 0.1) is 5.92 Å². The summed E-state index contributed by atoms with van der Waals surface area (Å²) in [6, 6.07) is 0.371. The van der Waals surface area contributed by atoms with Crippen LogP contribution in [0.25, 0.3) is 0 Å². The Morgan fingerprint density at radius 2 is 1.92 bits per heavy atom. The second-order valence-corrected chi connectivity index (χ2v) is 9.54. The smallest absolute Gasteiger partial charge is 0.213 e. The minimum atomic E-state index is -3.22. The van der Waals surface area contributed by atoms with Crippen molar-refractivity contribution in [3.8, 4) is 0 Å². The fourth-order valence-corrected chi connectivity index (χ4v) is 4.33. The van der Waals surface area contributed by atoms with E-state index in [4.69, 9.17) is 0 Å². The molecule has 0 unspecified atom stereocenters. The Morgan fingerprint density at radius 3 is 2.46 bits per heavy atom. The number of aliphatic imine (C=N–C) groups is 1. The van der Waals surface area contributed by atoms with Gasteiger partial charge >= 0.3 is 0 Å². The topological polar surface area (TPSA) is 85.8 Å². The van der Waals surface area contributed by atoms with Gasteiger partial charge in [-0.3, -0.25) is 9.89 Å². The van der Waals surface area contributed by atoms with Gasteiger partial charge in [-0.05, 0) is 38.5 Å². The minimum Gasteiger partial charge on any atom is -0.355 e. The van der Waals surface area contributed by atoms with Crippen LogP contribution in [0.3, 0.4) is 0 Å². The molecular formula is C18H35N5O2S. The minimum absolute atomic E-state index is 0.0669. The third kappa shape index (κ3) is 7.63. The Hall–Kier alpha value is -1.12. The SMILES string of the molecule is C=C(C)CN1CCC(NC(=NC)NCCS(=O)(=O)NCC2CCC2)CC1. The number of nitrogens with zero attached hydrogens (tertiary/aromatic N) is 2. The predicted molar refractivity (Wildman–Crippen MR) is 108 cm³/mol. The van der Waals surface area contributed by atoms with Gasteiger partial charge in [0.2, 0.25) is 10.0 Å². The first-order chi connectivity index (χ1) is 12.4. The number of nitrogens with one attached hydrogen (secondary N) is 3. The van der Waals surface area contributed by atoms with Gasteiger partial charge in [0.05, 0.1) is 5.75 Å². The Labute approximate surface area is 158 Å². The number of piperidine rings is 1. The van der Waals surface area contributed by atoms with Crippen LogP contribution in [-0.4, -0.2) is 70.8 Å². The molecule has 0 radical (unpaired) electrons. The van der Waals surface area contributed by atoms with E-state index < -0.39 is 10.0 Å². The van der Waals surface area contributed by atoms with Crippen LogP contribution in [-0.2, 0) is 10.0 Å². The average Bonchev–Trinajstić information content (AvgIpc) is 2.53. The van der Waals surface area contributed by atoms with Crippen LogP contribution in [0.4, 0.5) is 0 Å². The molecular weight excluding hydrogens is 350 g/mol. The molecule has 2 rings (SSSR count). The molecule has 1 aliphatic heterocycles. The molecule has 1 saturated carbocycles. The zero-order valence-corrected chi connectivity index (χ0v) is 17.1. The van der Waals surface area contributed by atoms with Crippen LogP contribution < -0.4 is 15.4 Å². The van der Waals surface area contributed by atoms with Crippen molar-refractivity contribution in [2.75, 3.05) is 45.5 Å². The van der Waals surface area contributed by atoms with Crippen LogP contribution >= 0.6 is 0 Å². The molecule has 0 bridgehead atoms. The molecule has 8 heteroatoms. The van der Waals surface area contributed by atoms with E-state index in [1.54, 1.807) is 7.05 Å². The molecule has 7 nitrogen and oxygen atoms in total. The Kier molecular flexibility index (Phi) is 8.37. The van der Waals surface area contributed by atoms with Crippen molar-refractivity contribution in [3.05, 3.63) is 12.2 Å². The molecule has 26 heavy (non-hydrogen) atoms. The van der Waals surface area contributed by atoms with Crippen molar-refractivity contribution in [1.29, 1.82) is 0 Å². The maximum absolute atomic E-state index is 12.0. The number of hydrogen-bond donors (Lipinski definition) is 3. The third-order valence-electron chi connectivity index (χ3n) is 5.13. The molecule has 0 aromatic carbocycles. The third-order valence-corrected chi connectivity index (χ3v) is 6.47. The highest BCUT2D eigenvalue weighted by Crippen LogP contribution is 2.25. The van der Waals surface area contributed by atoms with E-state index in [1.807, 2.05) is 0 Å². The number of guanidine groups is 1. The first-order valence-corrected chi connectivity index (χ1v) is 11.3. The highest BCUT2D eigenvalue weighted by molar-refractivity contribution is 7.89. The van der Waals surface area contributed by atoms with Crippen LogP contribution in [0.2, 0.25) is 0 Å². The fraction of sp³-hybridized carbons (Fsp3) is 0.833. The van der Waals surface area contributed by atoms with Crippen molar-refractivity contribution < 1.29 is 8.42 Å². The highest BCUT2D eigenvalue weighted by Gasteiger charge is 2.21. The van der Waals surface area contributed by atoms with Gasteiger partial charge in [0.15, 0.2) is 5.96 Å². The number of rotatable bonds is 9. The standard InChI is InChI=1S/C18H35N5O2S/c1-15(2)14-23-10-7-17(8-11-23)22-18(19-3)20-9-12-26(24,25)21-13-16-5-4-6-16/h16-17,21H,1,4-14H2,2-3H3,(H2,19,20,22). The summed E-state index contributed by atoms with van der Waals surface area (Å²) in [5, 5.41) is 6.53. The summed E-state index contributed by atoms with van der Waals surface area (Å²) in [5.41, 5.74) is 1.20. The normalized spacial score (nSPS) is 20.6. The lowest BCUT2D eigenvalue weighted by atomic mass is 9.86. The molecule has 3 N–H and O–H groups in total. The molecule has 0 amide bonds. The summed E-state index contributed by atoms with van der Waals surface area (Å²) in [5.74, 6) is 1.28. The number of likely N-dealkylation sites (tertiary alicyclic amines) is 1. The zero-order valence-electron chi connectivity index (χ0n) is 16.3. The van der Waals surface area contributed by atoms with Crippen LogP contribution in [0.15, 0.2) is 17.1 Å². The Morgan fingerprint density at radius 1 is 1.23 bits per heavy atom. The fourth-order valence-electron chi connectivity index (χ4n) is 3.32. The second-order valence-electron chi connectivity index (χ2n) is 7.62. The maximum Gasteiger partial charge on any atom is 0.213 e. The van der Waals surface area contributed by atoms with E-state index in [2.05, 4.69) is 38.8 Å². The number of hydrogen-bond acceptors (Lipinski definition) is 4. The zero-order chi connectivity index (χ0) is 19.0. The summed E-state index contributed by atoms with van der Waals surface area (Å²) >= 11 is 0. The lowest BCUT2D eigenvalue weighted by Gasteiger charge is -2.33. The van der Waals surface area contributed by atoms with Gasteiger partial charge in [-0.1, -0.05) is 18.6 Å². The molecule has 1 aliphatic carbocycles. The maximum atomic E-state index is 12.0. The van der Waals surface area contributed by atoms with E-state index in [0.717, 1.165) is 45.3 Å². The van der Waals surface area contributed by atoms with Gasteiger partial charge in [-0.25, -0.2) is 13.1 Å². The van der Waals surface area contributed by atoms with E-state index in [9.17, 15) is 8.42 Å². The molecule has 150 valence electrons. The van der Waals surface area contributed by atoms with Gasteiger partial charge in [-0.2, -0.15) is 0 Å². The second kappa shape index (κ2) is 10.3. The highest BCUT2D eigenvalue weighted by atomic mass is 32.2. The quantitative estimate of drug-likeness (QED) is 0.312. The van der Waals surface area contributed by atoms with Gasteiger partial charge in [-0.15, -0.1) is 0 Å². The molecule has 0 atom stereocenters. The van der Waals surface area contributed by atoms with E-state index in [-0.39, 0.29) is 5.75 Å². The van der Waals surface area contributed by atoms with Gasteiger partial charge < -0.3 is 10.6 Å². The number of sulfonamides is 1. The van der Waals surface area contributed by atoms with Gasteiger partial charge in [0.1, 0.15) is 0 Å². The van der Waals surface area contributed by atoms with Crippen LogP contribution in [0.1, 0.15) is 39.0 Å². The van der Waals surface area contributed by atoms with Gasteiger partial charge in [0, 0.05) is 45.8 Å². The van der Waals surface area contributed by atoms with E-state index >= 15 is 0 Å².